The zero-order valence-electron chi connectivity index (χ0n) is 10.1. The molecular weight excluding hydrogens is 218 g/mol. The van der Waals surface area contributed by atoms with Gasteiger partial charge >= 0.3 is 0 Å². The summed E-state index contributed by atoms with van der Waals surface area (Å²) in [7, 11) is 2.02. The number of aliphatic hydroxyl groups excluding tert-OH is 1. The topological polar surface area (TPSA) is 59.3 Å². The fourth-order valence-electron chi connectivity index (χ4n) is 2.94. The van der Waals surface area contributed by atoms with E-state index in [9.17, 15) is 5.11 Å². The Labute approximate surface area is 101 Å². The molecule has 3 heterocycles. The van der Waals surface area contributed by atoms with Gasteiger partial charge in [0.25, 0.3) is 0 Å². The van der Waals surface area contributed by atoms with E-state index in [2.05, 4.69) is 14.9 Å². The lowest BCUT2D eigenvalue weighted by Crippen LogP contribution is -2.46. The maximum absolute atomic E-state index is 9.35. The van der Waals surface area contributed by atoms with Crippen LogP contribution in [0.4, 0.5) is 0 Å². The number of nitrogens with zero attached hydrogens (tertiary/aromatic N) is 2. The van der Waals surface area contributed by atoms with Crippen LogP contribution >= 0.6 is 0 Å². The van der Waals surface area contributed by atoms with Crippen LogP contribution in [-0.2, 0) is 18.2 Å². The zero-order valence-corrected chi connectivity index (χ0v) is 10.1. The molecule has 0 aromatic carbocycles. The second kappa shape index (κ2) is 4.40. The minimum absolute atomic E-state index is 0.103. The number of ether oxygens (including phenoxy) is 1. The van der Waals surface area contributed by atoms with Crippen molar-refractivity contribution in [2.45, 2.75) is 37.5 Å². The van der Waals surface area contributed by atoms with E-state index >= 15 is 0 Å². The summed E-state index contributed by atoms with van der Waals surface area (Å²) in [5.74, 6) is 0. The van der Waals surface area contributed by atoms with Gasteiger partial charge in [0.15, 0.2) is 0 Å². The summed E-state index contributed by atoms with van der Waals surface area (Å²) in [6.45, 7) is 0.999. The minimum atomic E-state index is 0.103. The van der Waals surface area contributed by atoms with Crippen molar-refractivity contribution >= 4 is 0 Å². The van der Waals surface area contributed by atoms with Gasteiger partial charge in [-0.15, -0.1) is 0 Å². The number of rotatable bonds is 2. The van der Waals surface area contributed by atoms with Gasteiger partial charge in [-0.2, -0.15) is 0 Å². The number of imidazole rings is 1. The van der Waals surface area contributed by atoms with Crippen LogP contribution in [0.25, 0.3) is 0 Å². The molecule has 2 N–H and O–H groups in total. The Morgan fingerprint density at radius 1 is 1.65 bits per heavy atom. The van der Waals surface area contributed by atoms with Crippen LogP contribution in [0, 0.1) is 0 Å². The van der Waals surface area contributed by atoms with Gasteiger partial charge in [-0.3, -0.25) is 0 Å². The molecule has 0 amide bonds. The first-order valence-corrected chi connectivity index (χ1v) is 6.28. The third kappa shape index (κ3) is 1.88. The van der Waals surface area contributed by atoms with Gasteiger partial charge in [0.2, 0.25) is 0 Å². The molecule has 94 valence electrons. The van der Waals surface area contributed by atoms with Crippen molar-refractivity contribution in [2.75, 3.05) is 13.2 Å². The van der Waals surface area contributed by atoms with Gasteiger partial charge < -0.3 is 19.7 Å². The molecule has 5 nitrogen and oxygen atoms in total. The third-order valence-corrected chi connectivity index (χ3v) is 3.77. The van der Waals surface area contributed by atoms with Gasteiger partial charge in [-0.05, 0) is 12.8 Å². The molecule has 0 bridgehead atoms. The van der Waals surface area contributed by atoms with Crippen molar-refractivity contribution in [3.8, 4) is 0 Å². The number of aryl methyl sites for hydroxylation is 1. The minimum Gasteiger partial charge on any atom is -0.395 e. The molecule has 0 radical (unpaired) electrons. The molecule has 3 atom stereocenters. The van der Waals surface area contributed by atoms with Crippen molar-refractivity contribution in [1.82, 2.24) is 14.9 Å². The van der Waals surface area contributed by atoms with Crippen molar-refractivity contribution < 1.29 is 9.84 Å². The van der Waals surface area contributed by atoms with Crippen LogP contribution in [0.2, 0.25) is 0 Å². The predicted molar refractivity (Wildman–Crippen MR) is 62.6 cm³/mol. The molecule has 5 heteroatoms. The van der Waals surface area contributed by atoms with E-state index < -0.39 is 0 Å². The zero-order chi connectivity index (χ0) is 11.8. The van der Waals surface area contributed by atoms with Crippen LogP contribution in [0.3, 0.4) is 0 Å². The largest absolute Gasteiger partial charge is 0.395 e. The average molecular weight is 237 g/mol. The van der Waals surface area contributed by atoms with Crippen LogP contribution in [0.15, 0.2) is 6.33 Å². The summed E-state index contributed by atoms with van der Waals surface area (Å²) < 4.78 is 7.85. The number of hydrogen-bond acceptors (Lipinski definition) is 4. The highest BCUT2D eigenvalue weighted by atomic mass is 16.5. The number of aromatic nitrogens is 2. The lowest BCUT2D eigenvalue weighted by atomic mass is 9.94. The molecule has 1 aromatic rings. The first kappa shape index (κ1) is 11.2. The summed E-state index contributed by atoms with van der Waals surface area (Å²) in [6, 6.07) is 0.275. The van der Waals surface area contributed by atoms with E-state index in [1.807, 2.05) is 13.4 Å². The Hall–Kier alpha value is -0.910. The molecule has 3 unspecified atom stereocenters. The maximum atomic E-state index is 9.35. The fourth-order valence-corrected chi connectivity index (χ4v) is 2.94. The van der Waals surface area contributed by atoms with Crippen molar-refractivity contribution in [2.24, 2.45) is 7.05 Å². The first-order valence-electron chi connectivity index (χ1n) is 6.28. The maximum Gasteiger partial charge on any atom is 0.0949 e. The highest BCUT2D eigenvalue weighted by Gasteiger charge is 2.36. The van der Waals surface area contributed by atoms with Crippen LogP contribution in [0.5, 0.6) is 0 Å². The van der Waals surface area contributed by atoms with E-state index in [-0.39, 0.29) is 24.8 Å². The van der Waals surface area contributed by atoms with Crippen LogP contribution < -0.4 is 5.32 Å². The summed E-state index contributed by atoms with van der Waals surface area (Å²) >= 11 is 0. The SMILES string of the molecule is Cn1cnc2c1C(C1CCCO1)NC(CO)C2. The molecule has 3 rings (SSSR count). The smallest absolute Gasteiger partial charge is 0.0949 e. The molecule has 17 heavy (non-hydrogen) atoms. The molecule has 1 aromatic heterocycles. The Balaban J connectivity index is 1.93. The molecule has 1 fully saturated rings. The first-order chi connectivity index (χ1) is 8.29. The van der Waals surface area contributed by atoms with Gasteiger partial charge in [0.1, 0.15) is 0 Å². The summed E-state index contributed by atoms with van der Waals surface area (Å²) in [4.78, 5) is 4.43. The summed E-state index contributed by atoms with van der Waals surface area (Å²) in [5, 5.41) is 12.8. The molecule has 0 aliphatic carbocycles. The second-order valence-corrected chi connectivity index (χ2v) is 4.97. The molecule has 0 saturated carbocycles. The van der Waals surface area contributed by atoms with Gasteiger partial charge in [-0.25, -0.2) is 4.98 Å². The van der Waals surface area contributed by atoms with E-state index in [4.69, 9.17) is 4.74 Å². The molecule has 1 saturated heterocycles. The summed E-state index contributed by atoms with van der Waals surface area (Å²) in [5.41, 5.74) is 2.33. The van der Waals surface area contributed by atoms with Gasteiger partial charge in [-0.1, -0.05) is 0 Å². The number of nitrogens with one attached hydrogen (secondary N) is 1. The van der Waals surface area contributed by atoms with E-state index in [1.165, 1.54) is 5.69 Å². The average Bonchev–Trinajstić information content (AvgIpc) is 2.98. The Morgan fingerprint density at radius 2 is 2.53 bits per heavy atom. The Kier molecular flexibility index (Phi) is 2.90. The predicted octanol–water partition coefficient (Wildman–Crippen LogP) is 0.147. The van der Waals surface area contributed by atoms with E-state index in [1.54, 1.807) is 0 Å². The number of aliphatic hydroxyl groups is 1. The van der Waals surface area contributed by atoms with Gasteiger partial charge in [0, 0.05) is 26.1 Å². The highest BCUT2D eigenvalue weighted by molar-refractivity contribution is 5.24. The second-order valence-electron chi connectivity index (χ2n) is 4.97. The van der Waals surface area contributed by atoms with E-state index in [0.717, 1.165) is 31.6 Å². The Morgan fingerprint density at radius 3 is 3.24 bits per heavy atom. The van der Waals surface area contributed by atoms with Crippen molar-refractivity contribution in [1.29, 1.82) is 0 Å². The van der Waals surface area contributed by atoms with Crippen LogP contribution in [0.1, 0.15) is 30.3 Å². The lowest BCUT2D eigenvalue weighted by Gasteiger charge is -2.33. The monoisotopic (exact) mass is 237 g/mol. The Bertz CT molecular complexity index is 398. The van der Waals surface area contributed by atoms with Crippen molar-refractivity contribution in [3.05, 3.63) is 17.7 Å². The number of hydrogen-bond donors (Lipinski definition) is 2. The van der Waals surface area contributed by atoms with E-state index in [0.29, 0.717) is 0 Å². The molecule has 2 aliphatic rings. The highest BCUT2D eigenvalue weighted by Crippen LogP contribution is 2.32. The van der Waals surface area contributed by atoms with Gasteiger partial charge in [0.05, 0.1) is 36.5 Å². The molecular formula is C12H19N3O2. The third-order valence-electron chi connectivity index (χ3n) is 3.77. The molecule has 2 aliphatic heterocycles. The van der Waals surface area contributed by atoms with Crippen LogP contribution in [-0.4, -0.2) is 40.0 Å². The normalized spacial score (nSPS) is 32.7. The van der Waals surface area contributed by atoms with Crippen molar-refractivity contribution in [3.63, 3.8) is 0 Å². The quantitative estimate of drug-likeness (QED) is 0.768. The fraction of sp³-hybridized carbons (Fsp3) is 0.750. The lowest BCUT2D eigenvalue weighted by molar-refractivity contribution is 0.0630. The standard InChI is InChI=1S/C12H19N3O2/c1-15-7-13-9-5-8(6-16)14-11(12(9)15)10-3-2-4-17-10/h7-8,10-11,14,16H,2-6H2,1H3. The number of fused-ring (bicyclic) bond motifs is 1. The summed E-state index contributed by atoms with van der Waals surface area (Å²) in [6.07, 6.45) is 5.09. The molecule has 0 spiro atoms.